The number of carboxylic acids is 1. The van der Waals surface area contributed by atoms with Crippen molar-refractivity contribution in [3.05, 3.63) is 35.2 Å². The van der Waals surface area contributed by atoms with Crippen LogP contribution in [0.3, 0.4) is 0 Å². The molecule has 0 atom stereocenters. The fraction of sp³-hybridized carbons (Fsp3) is 0. The fourth-order valence-corrected chi connectivity index (χ4v) is 1.88. The maximum atomic E-state index is 10.6. The summed E-state index contributed by atoms with van der Waals surface area (Å²) in [6.45, 7) is 0. The molecule has 0 radical (unpaired) electrons. The summed E-state index contributed by atoms with van der Waals surface area (Å²) in [4.78, 5) is 11.6. The predicted molar refractivity (Wildman–Crippen MR) is 47.9 cm³/mol. The van der Waals surface area contributed by atoms with Crippen molar-refractivity contribution in [2.24, 2.45) is 0 Å². The van der Waals surface area contributed by atoms with Crippen molar-refractivity contribution < 1.29 is 9.90 Å². The molecule has 0 unspecified atom stereocenters. The first-order valence-electron chi connectivity index (χ1n) is 3.48. The Morgan fingerprint density at radius 3 is 2.92 bits per heavy atom. The summed E-state index contributed by atoms with van der Waals surface area (Å²) in [5.74, 6) is -0.863. The van der Waals surface area contributed by atoms with Crippen molar-refractivity contribution in [2.45, 2.75) is 0 Å². The van der Waals surface area contributed by atoms with E-state index >= 15 is 0 Å². The van der Waals surface area contributed by atoms with Gasteiger partial charge in [0.1, 0.15) is 0 Å². The molecular weight excluding hydrogens is 172 g/mol. The van der Waals surface area contributed by atoms with E-state index in [1.54, 1.807) is 23.5 Å². The van der Waals surface area contributed by atoms with Gasteiger partial charge in [0.25, 0.3) is 0 Å². The molecule has 1 heterocycles. The lowest BCUT2D eigenvalue weighted by Gasteiger charge is -1.91. The molecule has 1 aliphatic heterocycles. The first-order valence-corrected chi connectivity index (χ1v) is 4.36. The Labute approximate surface area is 73.4 Å². The van der Waals surface area contributed by atoms with Crippen molar-refractivity contribution >= 4 is 17.3 Å². The largest absolute Gasteiger partial charge is 0.478 e. The summed E-state index contributed by atoms with van der Waals surface area (Å²) in [7, 11) is 0. The highest BCUT2D eigenvalue weighted by molar-refractivity contribution is 7.13. The van der Waals surface area contributed by atoms with Crippen molar-refractivity contribution in [1.29, 1.82) is 0 Å². The average Bonchev–Trinajstić information content (AvgIpc) is 2.46. The zero-order chi connectivity index (χ0) is 8.55. The Morgan fingerprint density at radius 2 is 2.25 bits per heavy atom. The Bertz CT molecular complexity index is 362. The van der Waals surface area contributed by atoms with Gasteiger partial charge in [-0.15, -0.1) is 11.3 Å². The van der Waals surface area contributed by atoms with Crippen LogP contribution in [-0.4, -0.2) is 11.1 Å². The van der Waals surface area contributed by atoms with E-state index in [2.05, 4.69) is 0 Å². The van der Waals surface area contributed by atoms with Crippen LogP contribution in [0.4, 0.5) is 0 Å². The van der Waals surface area contributed by atoms with Gasteiger partial charge in [-0.2, -0.15) is 0 Å². The topological polar surface area (TPSA) is 37.3 Å². The lowest BCUT2D eigenvalue weighted by Crippen LogP contribution is -1.90. The third-order valence-electron chi connectivity index (χ3n) is 1.68. The summed E-state index contributed by atoms with van der Waals surface area (Å²) >= 11 is 1.55. The second-order valence-corrected chi connectivity index (χ2v) is 3.43. The van der Waals surface area contributed by atoms with Crippen molar-refractivity contribution in [3.63, 3.8) is 0 Å². The number of hydrogen-bond acceptors (Lipinski definition) is 2. The van der Waals surface area contributed by atoms with Crippen LogP contribution in [0.2, 0.25) is 0 Å². The standard InChI is InChI=1S/C9H6O2S/c10-9(11)7-4-6-2-1-3-12-8(6)5-7/h1-5H,(H,10,11). The molecule has 0 amide bonds. The van der Waals surface area contributed by atoms with E-state index in [9.17, 15) is 4.79 Å². The molecule has 0 bridgehead atoms. The number of carbonyl (C=O) groups is 1. The highest BCUT2D eigenvalue weighted by Gasteiger charge is 2.10. The van der Waals surface area contributed by atoms with E-state index in [0.717, 1.165) is 10.4 Å². The van der Waals surface area contributed by atoms with E-state index in [1.807, 2.05) is 17.5 Å². The van der Waals surface area contributed by atoms with Gasteiger partial charge in [-0.3, -0.25) is 0 Å². The monoisotopic (exact) mass is 178 g/mol. The number of carboxylic acid groups (broad SMARTS) is 1. The van der Waals surface area contributed by atoms with Gasteiger partial charge in [0.15, 0.2) is 0 Å². The van der Waals surface area contributed by atoms with Crippen molar-refractivity contribution in [1.82, 2.24) is 0 Å². The highest BCUT2D eigenvalue weighted by Crippen LogP contribution is 2.29. The minimum absolute atomic E-state index is 0.368. The fourth-order valence-electron chi connectivity index (χ4n) is 1.12. The summed E-state index contributed by atoms with van der Waals surface area (Å²) in [6.07, 6.45) is 0. The third-order valence-corrected chi connectivity index (χ3v) is 2.58. The lowest BCUT2D eigenvalue weighted by molar-refractivity contribution is 0.0697. The molecule has 0 aromatic rings. The van der Waals surface area contributed by atoms with Crippen LogP contribution in [-0.2, 0) is 0 Å². The zero-order valence-corrected chi connectivity index (χ0v) is 6.97. The minimum Gasteiger partial charge on any atom is -0.478 e. The quantitative estimate of drug-likeness (QED) is 0.728. The second kappa shape index (κ2) is 2.60. The molecule has 1 N–H and O–H groups in total. The van der Waals surface area contributed by atoms with Gasteiger partial charge >= 0.3 is 5.97 Å². The van der Waals surface area contributed by atoms with Crippen LogP contribution in [0, 0.1) is 0 Å². The summed E-state index contributed by atoms with van der Waals surface area (Å²) in [5, 5.41) is 10.6. The molecule has 3 heteroatoms. The number of fused-ring (bicyclic) bond motifs is 1. The maximum absolute atomic E-state index is 10.6. The normalized spacial score (nSPS) is 10.3. The molecule has 0 spiro atoms. The van der Waals surface area contributed by atoms with Gasteiger partial charge in [0, 0.05) is 4.88 Å². The first-order chi connectivity index (χ1) is 5.77. The van der Waals surface area contributed by atoms with Crippen LogP contribution in [0.5, 0.6) is 0 Å². The average molecular weight is 178 g/mol. The summed E-state index contributed by atoms with van der Waals surface area (Å²) in [5.41, 5.74) is 1.37. The van der Waals surface area contributed by atoms with Gasteiger partial charge < -0.3 is 5.11 Å². The molecule has 1 aliphatic carbocycles. The smallest absolute Gasteiger partial charge is 0.335 e. The Hall–Kier alpha value is -1.35. The molecule has 0 fully saturated rings. The molecule has 2 aliphatic rings. The van der Waals surface area contributed by atoms with E-state index in [1.165, 1.54) is 0 Å². The number of rotatable bonds is 1. The Kier molecular flexibility index (Phi) is 1.59. The van der Waals surface area contributed by atoms with Crippen molar-refractivity contribution in [2.75, 3.05) is 0 Å². The highest BCUT2D eigenvalue weighted by atomic mass is 32.1. The first kappa shape index (κ1) is 7.31. The van der Waals surface area contributed by atoms with Gasteiger partial charge in [0.2, 0.25) is 0 Å². The molecule has 2 nitrogen and oxygen atoms in total. The SMILES string of the molecule is O=C(O)c1cc2cccsc-2c1. The Morgan fingerprint density at radius 1 is 1.42 bits per heavy atom. The van der Waals surface area contributed by atoms with E-state index in [4.69, 9.17) is 5.11 Å². The molecule has 0 saturated carbocycles. The number of hydrogen-bond donors (Lipinski definition) is 1. The minimum atomic E-state index is -0.863. The lowest BCUT2D eigenvalue weighted by atomic mass is 10.3. The second-order valence-electron chi connectivity index (χ2n) is 2.48. The van der Waals surface area contributed by atoms with Crippen LogP contribution in [0.25, 0.3) is 10.4 Å². The van der Waals surface area contributed by atoms with Gasteiger partial charge in [-0.25, -0.2) is 4.79 Å². The summed E-state index contributed by atoms with van der Waals surface area (Å²) in [6, 6.07) is 7.22. The molecule has 12 heavy (non-hydrogen) atoms. The molecule has 0 saturated heterocycles. The van der Waals surface area contributed by atoms with E-state index < -0.39 is 5.97 Å². The predicted octanol–water partition coefficient (Wildman–Crippen LogP) is 2.55. The molecule has 0 aromatic carbocycles. The molecule has 2 rings (SSSR count). The third kappa shape index (κ3) is 1.08. The summed E-state index contributed by atoms with van der Waals surface area (Å²) < 4.78 is 0. The Balaban J connectivity index is 2.63. The maximum Gasteiger partial charge on any atom is 0.335 e. The van der Waals surface area contributed by atoms with Gasteiger partial charge in [-0.1, -0.05) is 12.1 Å². The van der Waals surface area contributed by atoms with E-state index in [-0.39, 0.29) is 0 Å². The van der Waals surface area contributed by atoms with E-state index in [0.29, 0.717) is 5.56 Å². The van der Waals surface area contributed by atoms with Gasteiger partial charge in [-0.05, 0) is 23.1 Å². The van der Waals surface area contributed by atoms with Crippen LogP contribution in [0.1, 0.15) is 10.4 Å². The van der Waals surface area contributed by atoms with Crippen molar-refractivity contribution in [3.8, 4) is 10.4 Å². The molecule has 60 valence electrons. The zero-order valence-electron chi connectivity index (χ0n) is 6.15. The number of aromatic carboxylic acids is 1. The van der Waals surface area contributed by atoms with Crippen LogP contribution < -0.4 is 0 Å². The van der Waals surface area contributed by atoms with Gasteiger partial charge in [0.05, 0.1) is 5.56 Å². The van der Waals surface area contributed by atoms with Crippen LogP contribution >= 0.6 is 11.3 Å². The van der Waals surface area contributed by atoms with Crippen LogP contribution in [0.15, 0.2) is 29.6 Å². The molecular formula is C9H6O2S. The molecule has 0 aromatic heterocycles.